The SMILES string of the molecule is COc1ccc(/C=N/SC2C3CCC(C)(C2OC)C3(C)C)cc1. The summed E-state index contributed by atoms with van der Waals surface area (Å²) in [6.45, 7) is 7.21. The number of hydrogen-bond acceptors (Lipinski definition) is 4. The van der Waals surface area contributed by atoms with Crippen LogP contribution in [-0.2, 0) is 4.74 Å². The lowest BCUT2D eigenvalue weighted by molar-refractivity contribution is -0.0176. The quantitative estimate of drug-likeness (QED) is 0.583. The predicted octanol–water partition coefficient (Wildman–Crippen LogP) is 4.60. The molecular formula is C19H27NO2S. The highest BCUT2D eigenvalue weighted by Gasteiger charge is 2.66. The molecule has 2 bridgehead atoms. The first-order valence-electron chi connectivity index (χ1n) is 8.30. The Labute approximate surface area is 144 Å². The second-order valence-electron chi connectivity index (χ2n) is 7.52. The molecule has 2 fully saturated rings. The largest absolute Gasteiger partial charge is 0.497 e. The van der Waals surface area contributed by atoms with Gasteiger partial charge >= 0.3 is 0 Å². The number of nitrogens with zero attached hydrogens (tertiary/aromatic N) is 1. The van der Waals surface area contributed by atoms with Crippen LogP contribution >= 0.6 is 11.9 Å². The van der Waals surface area contributed by atoms with Gasteiger partial charge in [0.15, 0.2) is 0 Å². The standard InChI is InChI=1S/C19H27NO2S/c1-18(2)15-10-11-19(18,3)17(22-5)16(15)23-20-12-13-6-8-14(21-4)9-7-13/h6-9,12,15-17H,10-11H2,1-5H3/b20-12+. The Morgan fingerprint density at radius 2 is 1.87 bits per heavy atom. The summed E-state index contributed by atoms with van der Waals surface area (Å²) < 4.78 is 15.8. The average molecular weight is 333 g/mol. The Kier molecular flexibility index (Phi) is 4.49. The second-order valence-corrected chi connectivity index (χ2v) is 8.48. The zero-order chi connectivity index (χ0) is 16.7. The van der Waals surface area contributed by atoms with Crippen LogP contribution in [0, 0.1) is 16.7 Å². The van der Waals surface area contributed by atoms with Crippen molar-refractivity contribution in [2.24, 2.45) is 21.1 Å². The van der Waals surface area contributed by atoms with E-state index in [4.69, 9.17) is 9.47 Å². The first-order chi connectivity index (χ1) is 10.9. The van der Waals surface area contributed by atoms with Crippen molar-refractivity contribution in [1.82, 2.24) is 0 Å². The van der Waals surface area contributed by atoms with E-state index in [9.17, 15) is 0 Å². The number of methoxy groups -OCH3 is 2. The van der Waals surface area contributed by atoms with Crippen molar-refractivity contribution in [1.29, 1.82) is 0 Å². The van der Waals surface area contributed by atoms with Crippen molar-refractivity contribution < 1.29 is 9.47 Å². The number of rotatable bonds is 5. The smallest absolute Gasteiger partial charge is 0.118 e. The first kappa shape index (κ1) is 16.8. The van der Waals surface area contributed by atoms with E-state index in [1.54, 1.807) is 19.1 Å². The monoisotopic (exact) mass is 333 g/mol. The summed E-state index contributed by atoms with van der Waals surface area (Å²) in [5, 5.41) is 0.447. The van der Waals surface area contributed by atoms with Gasteiger partial charge in [-0.25, -0.2) is 4.40 Å². The predicted molar refractivity (Wildman–Crippen MR) is 97.4 cm³/mol. The molecule has 4 heteroatoms. The Hall–Kier alpha value is -1.00. The van der Waals surface area contributed by atoms with Crippen LogP contribution in [0.25, 0.3) is 0 Å². The lowest BCUT2D eigenvalue weighted by atomic mass is 9.70. The van der Waals surface area contributed by atoms with Crippen LogP contribution in [0.3, 0.4) is 0 Å². The number of ether oxygens (including phenoxy) is 2. The molecule has 3 rings (SSSR count). The van der Waals surface area contributed by atoms with Crippen molar-refractivity contribution >= 4 is 18.2 Å². The lowest BCUT2D eigenvalue weighted by Gasteiger charge is -2.38. The van der Waals surface area contributed by atoms with E-state index in [0.29, 0.717) is 16.6 Å². The molecule has 3 nitrogen and oxygen atoms in total. The fraction of sp³-hybridized carbons (Fsp3) is 0.632. The molecular weight excluding hydrogens is 306 g/mol. The summed E-state index contributed by atoms with van der Waals surface area (Å²) in [6, 6.07) is 7.99. The minimum absolute atomic E-state index is 0.264. The van der Waals surface area contributed by atoms with Crippen molar-refractivity contribution in [2.45, 2.75) is 45.0 Å². The fourth-order valence-electron chi connectivity index (χ4n) is 4.59. The van der Waals surface area contributed by atoms with Crippen molar-refractivity contribution in [3.05, 3.63) is 29.8 Å². The van der Waals surface area contributed by atoms with Crippen LogP contribution in [0.5, 0.6) is 5.75 Å². The van der Waals surface area contributed by atoms with Crippen molar-refractivity contribution in [2.75, 3.05) is 14.2 Å². The van der Waals surface area contributed by atoms with E-state index >= 15 is 0 Å². The Morgan fingerprint density at radius 1 is 1.17 bits per heavy atom. The van der Waals surface area contributed by atoms with Gasteiger partial charge in [-0.2, -0.15) is 0 Å². The molecule has 2 saturated carbocycles. The third kappa shape index (κ3) is 2.60. The maximum atomic E-state index is 5.92. The topological polar surface area (TPSA) is 30.8 Å². The summed E-state index contributed by atoms with van der Waals surface area (Å²) in [6.07, 6.45) is 4.79. The van der Waals surface area contributed by atoms with Gasteiger partial charge in [0.05, 0.1) is 18.5 Å². The van der Waals surface area contributed by atoms with E-state index in [1.807, 2.05) is 37.6 Å². The van der Waals surface area contributed by atoms with Gasteiger partial charge in [-0.1, -0.05) is 20.8 Å². The summed E-state index contributed by atoms with van der Waals surface area (Å²) in [4.78, 5) is 0. The molecule has 0 aliphatic heterocycles. The molecule has 0 spiro atoms. The number of hydrogen-bond donors (Lipinski definition) is 0. The maximum absolute atomic E-state index is 5.92. The van der Waals surface area contributed by atoms with Crippen molar-refractivity contribution in [3.63, 3.8) is 0 Å². The van der Waals surface area contributed by atoms with Crippen LogP contribution in [-0.4, -0.2) is 31.8 Å². The molecule has 4 unspecified atom stereocenters. The van der Waals surface area contributed by atoms with Crippen molar-refractivity contribution in [3.8, 4) is 5.75 Å². The summed E-state index contributed by atoms with van der Waals surface area (Å²) in [5.74, 6) is 1.55. The molecule has 2 aliphatic carbocycles. The second kappa shape index (κ2) is 6.14. The third-order valence-electron chi connectivity index (χ3n) is 6.45. The van der Waals surface area contributed by atoms with E-state index in [0.717, 1.165) is 11.3 Å². The van der Waals surface area contributed by atoms with E-state index in [-0.39, 0.29) is 11.5 Å². The zero-order valence-electron chi connectivity index (χ0n) is 14.7. The van der Waals surface area contributed by atoms with Gasteiger partial charge in [-0.05, 0) is 66.0 Å². The third-order valence-corrected chi connectivity index (χ3v) is 7.50. The first-order valence-corrected chi connectivity index (χ1v) is 9.14. The molecule has 0 amide bonds. The molecule has 0 aromatic heterocycles. The summed E-state index contributed by atoms with van der Waals surface area (Å²) in [5.41, 5.74) is 1.68. The van der Waals surface area contributed by atoms with E-state index in [2.05, 4.69) is 25.2 Å². The normalized spacial score (nSPS) is 35.1. The van der Waals surface area contributed by atoms with Gasteiger partial charge in [0.2, 0.25) is 0 Å². The number of fused-ring (bicyclic) bond motifs is 2. The molecule has 4 atom stereocenters. The van der Waals surface area contributed by atoms with Gasteiger partial charge < -0.3 is 9.47 Å². The maximum Gasteiger partial charge on any atom is 0.118 e. The average Bonchev–Trinajstić information content (AvgIpc) is 2.86. The van der Waals surface area contributed by atoms with E-state index < -0.39 is 0 Å². The molecule has 1 aromatic rings. The van der Waals surface area contributed by atoms with Crippen LogP contribution in [0.1, 0.15) is 39.2 Å². The van der Waals surface area contributed by atoms with Gasteiger partial charge in [0.25, 0.3) is 0 Å². The lowest BCUT2D eigenvalue weighted by Crippen LogP contribution is -2.39. The summed E-state index contributed by atoms with van der Waals surface area (Å²) in [7, 11) is 3.54. The molecule has 2 aliphatic rings. The Morgan fingerprint density at radius 3 is 2.48 bits per heavy atom. The van der Waals surface area contributed by atoms with E-state index in [1.165, 1.54) is 12.8 Å². The minimum Gasteiger partial charge on any atom is -0.497 e. The molecule has 0 radical (unpaired) electrons. The fourth-order valence-corrected chi connectivity index (χ4v) is 6.06. The molecule has 0 N–H and O–H groups in total. The van der Waals surface area contributed by atoms with Crippen LogP contribution in [0.15, 0.2) is 28.7 Å². The molecule has 0 heterocycles. The zero-order valence-corrected chi connectivity index (χ0v) is 15.5. The Bertz CT molecular complexity index is 584. The van der Waals surface area contributed by atoms with Crippen LogP contribution in [0.2, 0.25) is 0 Å². The van der Waals surface area contributed by atoms with Gasteiger partial charge in [-0.15, -0.1) is 0 Å². The van der Waals surface area contributed by atoms with Crippen LogP contribution < -0.4 is 4.74 Å². The minimum atomic E-state index is 0.264. The molecule has 0 saturated heterocycles. The highest BCUT2D eigenvalue weighted by atomic mass is 32.2. The Balaban J connectivity index is 1.71. The van der Waals surface area contributed by atoms with Gasteiger partial charge in [0, 0.05) is 18.7 Å². The molecule has 126 valence electrons. The summed E-state index contributed by atoms with van der Waals surface area (Å²) >= 11 is 1.70. The molecule has 23 heavy (non-hydrogen) atoms. The van der Waals surface area contributed by atoms with Gasteiger partial charge in [0.1, 0.15) is 5.75 Å². The van der Waals surface area contributed by atoms with Crippen LogP contribution in [0.4, 0.5) is 0 Å². The highest BCUT2D eigenvalue weighted by molar-refractivity contribution is 7.98. The molecule has 1 aromatic carbocycles. The highest BCUT2D eigenvalue weighted by Crippen LogP contribution is 2.68. The van der Waals surface area contributed by atoms with Gasteiger partial charge in [-0.3, -0.25) is 0 Å². The number of benzene rings is 1.